The molecule has 0 aliphatic rings. The van der Waals surface area contributed by atoms with Crippen molar-refractivity contribution < 1.29 is 0 Å². The third-order valence-corrected chi connectivity index (χ3v) is 2.14. The molecule has 0 unspecified atom stereocenters. The van der Waals surface area contributed by atoms with E-state index in [1.54, 1.807) is 11.8 Å². The summed E-state index contributed by atoms with van der Waals surface area (Å²) in [6.07, 6.45) is 5.00. The van der Waals surface area contributed by atoms with Crippen molar-refractivity contribution in [1.29, 1.82) is 0 Å². The second-order valence-electron chi connectivity index (χ2n) is 2.47. The summed E-state index contributed by atoms with van der Waals surface area (Å²) in [5, 5.41) is 3.02. The second kappa shape index (κ2) is 6.39. The molecule has 1 aromatic rings. The lowest BCUT2D eigenvalue weighted by atomic mass is 10.4. The van der Waals surface area contributed by atoms with E-state index in [9.17, 15) is 0 Å². The molecule has 0 amide bonds. The summed E-state index contributed by atoms with van der Waals surface area (Å²) in [6, 6.07) is 10.2. The van der Waals surface area contributed by atoms with Crippen molar-refractivity contribution in [2.24, 2.45) is 0 Å². The lowest BCUT2D eigenvalue weighted by Gasteiger charge is -1.89. The van der Waals surface area contributed by atoms with Crippen molar-refractivity contribution in [3.63, 3.8) is 0 Å². The van der Waals surface area contributed by atoms with Gasteiger partial charge in [-0.1, -0.05) is 37.1 Å². The molecule has 0 aliphatic heterocycles. The average Bonchev–Trinajstić information content (AvgIpc) is 2.19. The van der Waals surface area contributed by atoms with Gasteiger partial charge in [0.1, 0.15) is 0 Å². The lowest BCUT2D eigenvalue weighted by Crippen LogP contribution is -1.63. The fourth-order valence-corrected chi connectivity index (χ4v) is 1.33. The third-order valence-electron chi connectivity index (χ3n) is 1.41. The maximum atomic E-state index is 3.02. The van der Waals surface area contributed by atoms with Crippen LogP contribution in [0, 0.1) is 11.2 Å². The predicted octanol–water partition coefficient (Wildman–Crippen LogP) is 3.71. The Morgan fingerprint density at radius 3 is 2.77 bits per heavy atom. The third kappa shape index (κ3) is 4.45. The van der Waals surface area contributed by atoms with Crippen LogP contribution < -0.4 is 0 Å². The van der Waals surface area contributed by atoms with E-state index in [1.807, 2.05) is 24.3 Å². The van der Waals surface area contributed by atoms with E-state index in [0.717, 1.165) is 6.42 Å². The summed E-state index contributed by atoms with van der Waals surface area (Å²) >= 11 is 1.56. The van der Waals surface area contributed by atoms with Crippen LogP contribution in [-0.4, -0.2) is 0 Å². The van der Waals surface area contributed by atoms with Crippen molar-refractivity contribution in [2.45, 2.75) is 18.2 Å². The molecule has 0 nitrogen and oxygen atoms in total. The Bertz CT molecular complexity index is 314. The molecule has 0 aromatic heterocycles. The van der Waals surface area contributed by atoms with Crippen LogP contribution in [-0.2, 0) is 0 Å². The molecule has 0 atom stereocenters. The van der Waals surface area contributed by atoms with Crippen LogP contribution in [0.1, 0.15) is 13.3 Å². The summed E-state index contributed by atoms with van der Waals surface area (Å²) < 4.78 is 0. The summed E-state index contributed by atoms with van der Waals surface area (Å²) in [4.78, 5) is 1.19. The van der Waals surface area contributed by atoms with Crippen LogP contribution in [0.25, 0.3) is 0 Å². The quantitative estimate of drug-likeness (QED) is 0.503. The first kappa shape index (κ1) is 9.95. The molecule has 0 bridgehead atoms. The van der Waals surface area contributed by atoms with Crippen LogP contribution in [0.3, 0.4) is 0 Å². The molecular formula is C12H12S. The minimum absolute atomic E-state index is 1.05. The Labute approximate surface area is 84.1 Å². The highest BCUT2D eigenvalue weighted by molar-refractivity contribution is 8.03. The summed E-state index contributed by atoms with van der Waals surface area (Å²) in [7, 11) is 0. The maximum absolute atomic E-state index is 3.02. The largest absolute Gasteiger partial charge is 0.0764 e. The summed E-state index contributed by atoms with van der Waals surface area (Å²) in [5.41, 5.74) is 0. The fourth-order valence-electron chi connectivity index (χ4n) is 0.788. The van der Waals surface area contributed by atoms with Crippen LogP contribution in [0.5, 0.6) is 0 Å². The molecule has 0 saturated carbocycles. The summed E-state index contributed by atoms with van der Waals surface area (Å²) in [6.45, 7) is 2.10. The van der Waals surface area contributed by atoms with E-state index in [2.05, 4.69) is 36.3 Å². The van der Waals surface area contributed by atoms with Gasteiger partial charge >= 0.3 is 0 Å². The van der Waals surface area contributed by atoms with E-state index < -0.39 is 0 Å². The normalized spacial score (nSPS) is 9.62. The van der Waals surface area contributed by atoms with Gasteiger partial charge in [-0.2, -0.15) is 0 Å². The van der Waals surface area contributed by atoms with Gasteiger partial charge in [0.05, 0.1) is 0 Å². The zero-order chi connectivity index (χ0) is 9.36. The Kier molecular flexibility index (Phi) is 4.90. The highest BCUT2D eigenvalue weighted by Crippen LogP contribution is 2.14. The fraction of sp³-hybridized carbons (Fsp3) is 0.167. The standard InChI is InChI=1S/C12H12S/c1-2-3-4-8-11-13-12-9-6-5-7-10-12/h3-7,9-10H,2H2,1H3/b4-3-. The number of allylic oxidation sites excluding steroid dienone is 2. The van der Waals surface area contributed by atoms with Gasteiger partial charge in [0.2, 0.25) is 0 Å². The Morgan fingerprint density at radius 2 is 2.08 bits per heavy atom. The number of hydrogen-bond donors (Lipinski definition) is 0. The van der Waals surface area contributed by atoms with Gasteiger partial charge in [0, 0.05) is 4.90 Å². The highest BCUT2D eigenvalue weighted by Gasteiger charge is 1.84. The molecule has 66 valence electrons. The molecule has 1 rings (SSSR count). The number of thioether (sulfide) groups is 1. The number of rotatable bonds is 2. The SMILES string of the molecule is CC/C=C\C#CSc1ccccc1. The topological polar surface area (TPSA) is 0 Å². The van der Waals surface area contributed by atoms with Gasteiger partial charge in [-0.25, -0.2) is 0 Å². The van der Waals surface area contributed by atoms with Crippen LogP contribution in [0.4, 0.5) is 0 Å². The molecular weight excluding hydrogens is 176 g/mol. The van der Waals surface area contributed by atoms with Gasteiger partial charge in [0.15, 0.2) is 0 Å². The molecule has 0 N–H and O–H groups in total. The number of hydrogen-bond acceptors (Lipinski definition) is 1. The van der Waals surface area contributed by atoms with Crippen molar-refractivity contribution in [2.75, 3.05) is 0 Å². The molecule has 0 spiro atoms. The number of benzene rings is 1. The van der Waals surface area contributed by atoms with Gasteiger partial charge < -0.3 is 0 Å². The second-order valence-corrected chi connectivity index (χ2v) is 3.35. The predicted molar refractivity (Wildman–Crippen MR) is 59.5 cm³/mol. The van der Waals surface area contributed by atoms with Gasteiger partial charge in [-0.15, -0.1) is 0 Å². The molecule has 0 radical (unpaired) electrons. The monoisotopic (exact) mass is 188 g/mol. The first-order valence-corrected chi connectivity index (χ1v) is 5.12. The van der Waals surface area contributed by atoms with Gasteiger partial charge in [0.25, 0.3) is 0 Å². The van der Waals surface area contributed by atoms with E-state index in [4.69, 9.17) is 0 Å². The van der Waals surface area contributed by atoms with Crippen LogP contribution in [0.15, 0.2) is 47.4 Å². The Balaban J connectivity index is 2.42. The zero-order valence-electron chi connectivity index (χ0n) is 7.66. The minimum atomic E-state index is 1.05. The average molecular weight is 188 g/mol. The van der Waals surface area contributed by atoms with Crippen molar-refractivity contribution in [3.05, 3.63) is 42.5 Å². The molecule has 0 aliphatic carbocycles. The minimum Gasteiger partial charge on any atom is -0.0764 e. The first-order valence-electron chi connectivity index (χ1n) is 4.31. The first-order chi connectivity index (χ1) is 6.43. The molecule has 0 saturated heterocycles. The maximum Gasteiger partial charge on any atom is 0.0203 e. The van der Waals surface area contributed by atoms with Gasteiger partial charge in [-0.05, 0) is 41.6 Å². The van der Waals surface area contributed by atoms with E-state index >= 15 is 0 Å². The van der Waals surface area contributed by atoms with Crippen molar-refractivity contribution >= 4 is 11.8 Å². The molecule has 0 fully saturated rings. The van der Waals surface area contributed by atoms with E-state index in [-0.39, 0.29) is 0 Å². The highest BCUT2D eigenvalue weighted by atomic mass is 32.2. The molecule has 1 heteroatoms. The van der Waals surface area contributed by atoms with E-state index in [0.29, 0.717) is 0 Å². The van der Waals surface area contributed by atoms with E-state index in [1.165, 1.54) is 4.90 Å². The zero-order valence-corrected chi connectivity index (χ0v) is 8.47. The smallest absolute Gasteiger partial charge is 0.0203 e. The van der Waals surface area contributed by atoms with Crippen LogP contribution >= 0.6 is 11.8 Å². The lowest BCUT2D eigenvalue weighted by molar-refractivity contribution is 1.23. The Hall–Kier alpha value is -1.13. The van der Waals surface area contributed by atoms with Crippen LogP contribution in [0.2, 0.25) is 0 Å². The summed E-state index contributed by atoms with van der Waals surface area (Å²) in [5.74, 6) is 2.97. The molecule has 13 heavy (non-hydrogen) atoms. The molecule has 0 heterocycles. The molecule has 1 aromatic carbocycles. The van der Waals surface area contributed by atoms with Crippen molar-refractivity contribution in [3.8, 4) is 11.2 Å². The van der Waals surface area contributed by atoms with Crippen molar-refractivity contribution in [1.82, 2.24) is 0 Å². The van der Waals surface area contributed by atoms with Gasteiger partial charge in [-0.3, -0.25) is 0 Å². The Morgan fingerprint density at radius 1 is 1.31 bits per heavy atom.